The smallest absolute Gasteiger partial charge is 0.243 e. The Morgan fingerprint density at radius 3 is 2.69 bits per heavy atom. The van der Waals surface area contributed by atoms with Gasteiger partial charge in [-0.25, -0.2) is 8.42 Å². The van der Waals surface area contributed by atoms with Crippen LogP contribution in [0, 0.1) is 12.8 Å². The minimum Gasteiger partial charge on any atom is -0.492 e. The van der Waals surface area contributed by atoms with Gasteiger partial charge in [0.25, 0.3) is 0 Å². The fourth-order valence-electron chi connectivity index (χ4n) is 4.01. The number of piperidine rings is 1. The Balaban J connectivity index is 1.78. The number of rotatable bonds is 7. The molecule has 0 saturated carbocycles. The number of para-hydroxylation sites is 1. The molecule has 0 spiro atoms. The van der Waals surface area contributed by atoms with Gasteiger partial charge in [0.2, 0.25) is 15.9 Å². The number of benzene rings is 2. The highest BCUT2D eigenvalue weighted by atomic mass is 35.5. The number of carbonyl (C=O) groups excluding carboxylic acids is 1. The largest absolute Gasteiger partial charge is 0.492 e. The Labute approximate surface area is 196 Å². The molecule has 1 N–H and O–H groups in total. The van der Waals surface area contributed by atoms with E-state index in [-0.39, 0.29) is 28.3 Å². The van der Waals surface area contributed by atoms with Crippen molar-refractivity contribution in [3.63, 3.8) is 0 Å². The maximum absolute atomic E-state index is 13.2. The molecule has 6 nitrogen and oxygen atoms in total. The summed E-state index contributed by atoms with van der Waals surface area (Å²) in [5.41, 5.74) is 2.89. The molecular formula is C24H31ClN2O4S. The number of nitrogens with zero attached hydrogens (tertiary/aromatic N) is 1. The van der Waals surface area contributed by atoms with Crippen molar-refractivity contribution in [2.75, 3.05) is 25.0 Å². The minimum atomic E-state index is -3.77. The van der Waals surface area contributed by atoms with Crippen LogP contribution in [-0.4, -0.2) is 38.3 Å². The third-order valence-corrected chi connectivity index (χ3v) is 7.93. The van der Waals surface area contributed by atoms with Crippen LogP contribution in [0.3, 0.4) is 0 Å². The van der Waals surface area contributed by atoms with E-state index >= 15 is 0 Å². The molecule has 1 atom stereocenters. The Hall–Kier alpha value is -2.09. The van der Waals surface area contributed by atoms with Crippen LogP contribution >= 0.6 is 11.6 Å². The molecule has 0 unspecified atom stereocenters. The molecule has 0 aliphatic carbocycles. The van der Waals surface area contributed by atoms with Crippen LogP contribution in [0.4, 0.5) is 5.69 Å². The van der Waals surface area contributed by atoms with Crippen LogP contribution in [0.2, 0.25) is 5.02 Å². The van der Waals surface area contributed by atoms with Gasteiger partial charge in [-0.15, -0.1) is 0 Å². The Bertz CT molecular complexity index is 1090. The lowest BCUT2D eigenvalue weighted by Gasteiger charge is -2.31. The van der Waals surface area contributed by atoms with Gasteiger partial charge < -0.3 is 10.1 Å². The average Bonchev–Trinajstić information content (AvgIpc) is 2.76. The molecule has 0 aromatic heterocycles. The van der Waals surface area contributed by atoms with Crippen molar-refractivity contribution in [2.24, 2.45) is 5.92 Å². The molecule has 3 rings (SSSR count). The summed E-state index contributed by atoms with van der Waals surface area (Å²) in [5.74, 6) is 0.142. The van der Waals surface area contributed by atoms with E-state index in [1.54, 1.807) is 6.07 Å². The fourth-order valence-corrected chi connectivity index (χ4v) is 5.86. The van der Waals surface area contributed by atoms with Gasteiger partial charge in [0.05, 0.1) is 22.4 Å². The van der Waals surface area contributed by atoms with Crippen molar-refractivity contribution in [2.45, 2.75) is 51.3 Å². The average molecular weight is 479 g/mol. The van der Waals surface area contributed by atoms with Gasteiger partial charge in [0.15, 0.2) is 0 Å². The summed E-state index contributed by atoms with van der Waals surface area (Å²) in [5, 5.41) is 3.32. The second-order valence-electron chi connectivity index (χ2n) is 8.41. The summed E-state index contributed by atoms with van der Waals surface area (Å²) in [6.45, 7) is 8.92. The van der Waals surface area contributed by atoms with E-state index in [0.29, 0.717) is 31.7 Å². The molecule has 1 fully saturated rings. The molecule has 174 valence electrons. The summed E-state index contributed by atoms with van der Waals surface area (Å²) in [7, 11) is -3.77. The van der Waals surface area contributed by atoms with Gasteiger partial charge >= 0.3 is 0 Å². The van der Waals surface area contributed by atoms with Gasteiger partial charge in [0.1, 0.15) is 5.75 Å². The number of sulfonamides is 1. The molecule has 2 aromatic carbocycles. The zero-order valence-electron chi connectivity index (χ0n) is 19.0. The summed E-state index contributed by atoms with van der Waals surface area (Å²) in [4.78, 5) is 13.2. The minimum absolute atomic E-state index is 0.105. The zero-order valence-corrected chi connectivity index (χ0v) is 20.6. The lowest BCUT2D eigenvalue weighted by molar-refractivity contribution is -0.120. The predicted molar refractivity (Wildman–Crippen MR) is 128 cm³/mol. The lowest BCUT2D eigenvalue weighted by Crippen LogP contribution is -2.43. The van der Waals surface area contributed by atoms with Gasteiger partial charge in [-0.1, -0.05) is 43.6 Å². The molecule has 1 aliphatic heterocycles. The summed E-state index contributed by atoms with van der Waals surface area (Å²) < 4.78 is 33.2. The summed E-state index contributed by atoms with van der Waals surface area (Å²) in [6.07, 6.45) is 1.26. The maximum Gasteiger partial charge on any atom is 0.243 e. The number of aryl methyl sites for hydroxylation is 1. The SMILES string of the molecule is CCOc1ccc(S(=O)(=O)N2CCC[C@H](C(=O)Nc3c(C)cccc3C(C)C)C2)cc1Cl. The van der Waals surface area contributed by atoms with Gasteiger partial charge in [-0.3, -0.25) is 4.79 Å². The number of hydrogen-bond donors (Lipinski definition) is 1. The normalized spacial score (nSPS) is 17.4. The number of nitrogens with one attached hydrogen (secondary N) is 1. The molecule has 2 aromatic rings. The van der Waals surface area contributed by atoms with Crippen molar-refractivity contribution in [3.8, 4) is 5.75 Å². The van der Waals surface area contributed by atoms with Crippen molar-refractivity contribution < 1.29 is 17.9 Å². The third-order valence-electron chi connectivity index (χ3n) is 5.77. The van der Waals surface area contributed by atoms with Crippen LogP contribution in [0.15, 0.2) is 41.3 Å². The summed E-state index contributed by atoms with van der Waals surface area (Å²) in [6, 6.07) is 10.4. The molecule has 1 aliphatic rings. The van der Waals surface area contributed by atoms with Crippen molar-refractivity contribution in [3.05, 3.63) is 52.5 Å². The summed E-state index contributed by atoms with van der Waals surface area (Å²) >= 11 is 6.21. The fraction of sp³-hybridized carbons (Fsp3) is 0.458. The maximum atomic E-state index is 13.2. The van der Waals surface area contributed by atoms with Crippen LogP contribution in [0.25, 0.3) is 0 Å². The predicted octanol–water partition coefficient (Wildman–Crippen LogP) is 5.21. The van der Waals surface area contributed by atoms with E-state index in [4.69, 9.17) is 16.3 Å². The third kappa shape index (κ3) is 5.27. The number of halogens is 1. The number of anilines is 1. The molecule has 1 amide bonds. The second-order valence-corrected chi connectivity index (χ2v) is 10.8. The highest BCUT2D eigenvalue weighted by molar-refractivity contribution is 7.89. The highest BCUT2D eigenvalue weighted by Crippen LogP contribution is 2.32. The molecule has 0 bridgehead atoms. The molecule has 1 heterocycles. The molecular weight excluding hydrogens is 448 g/mol. The topological polar surface area (TPSA) is 75.7 Å². The second kappa shape index (κ2) is 10.2. The standard InChI is InChI=1S/C24H31ClN2O4S/c1-5-31-22-12-11-19(14-21(22)25)32(29,30)27-13-7-9-18(15-27)24(28)26-23-17(4)8-6-10-20(23)16(2)3/h6,8,10-12,14,16,18H,5,7,9,13,15H2,1-4H3,(H,26,28)/t18-/m0/s1. The molecule has 0 radical (unpaired) electrons. The Morgan fingerprint density at radius 2 is 2.03 bits per heavy atom. The van der Waals surface area contributed by atoms with E-state index in [1.807, 2.05) is 32.0 Å². The van der Waals surface area contributed by atoms with Crippen molar-refractivity contribution in [1.29, 1.82) is 0 Å². The van der Waals surface area contributed by atoms with Gasteiger partial charge in [-0.05, 0) is 61.9 Å². The monoisotopic (exact) mass is 478 g/mol. The molecule has 8 heteroatoms. The quantitative estimate of drug-likeness (QED) is 0.592. The zero-order chi connectivity index (χ0) is 23.5. The van der Waals surface area contributed by atoms with E-state index in [2.05, 4.69) is 19.2 Å². The first-order valence-corrected chi connectivity index (χ1v) is 12.8. The lowest BCUT2D eigenvalue weighted by atomic mass is 9.95. The van der Waals surface area contributed by atoms with Gasteiger partial charge in [-0.2, -0.15) is 4.31 Å². The van der Waals surface area contributed by atoms with E-state index < -0.39 is 15.9 Å². The first-order chi connectivity index (χ1) is 15.1. The van der Waals surface area contributed by atoms with E-state index in [0.717, 1.165) is 16.8 Å². The van der Waals surface area contributed by atoms with Crippen LogP contribution in [0.5, 0.6) is 5.75 Å². The highest BCUT2D eigenvalue weighted by Gasteiger charge is 2.34. The number of carbonyl (C=O) groups is 1. The Kier molecular flexibility index (Phi) is 7.85. The first kappa shape index (κ1) is 24.6. The van der Waals surface area contributed by atoms with E-state index in [9.17, 15) is 13.2 Å². The van der Waals surface area contributed by atoms with Gasteiger partial charge in [0, 0.05) is 18.8 Å². The molecule has 1 saturated heterocycles. The van der Waals surface area contributed by atoms with Crippen LogP contribution in [-0.2, 0) is 14.8 Å². The number of ether oxygens (including phenoxy) is 1. The van der Waals surface area contributed by atoms with E-state index in [1.165, 1.54) is 16.4 Å². The van der Waals surface area contributed by atoms with Crippen LogP contribution < -0.4 is 10.1 Å². The number of hydrogen-bond acceptors (Lipinski definition) is 4. The first-order valence-electron chi connectivity index (χ1n) is 11.0. The van der Waals surface area contributed by atoms with Crippen molar-refractivity contribution >= 4 is 33.2 Å². The Morgan fingerprint density at radius 1 is 1.28 bits per heavy atom. The van der Waals surface area contributed by atoms with Crippen LogP contribution in [0.1, 0.15) is 50.7 Å². The molecule has 32 heavy (non-hydrogen) atoms. The van der Waals surface area contributed by atoms with Crippen molar-refractivity contribution in [1.82, 2.24) is 4.31 Å². The number of amides is 1.